The molecule has 0 bridgehead atoms. The quantitative estimate of drug-likeness (QED) is 0.581. The number of aromatic nitrogens is 1. The summed E-state index contributed by atoms with van der Waals surface area (Å²) in [6, 6.07) is 5.48. The Hall–Kier alpha value is -2.98. The van der Waals surface area contributed by atoms with Crippen LogP contribution < -0.4 is 15.8 Å². The number of nitrogens with one attached hydrogen (secondary N) is 2. The molecule has 4 N–H and O–H groups in total. The van der Waals surface area contributed by atoms with Gasteiger partial charge in [0, 0.05) is 23.7 Å². The second-order valence-corrected chi connectivity index (χ2v) is 9.29. The Bertz CT molecular complexity index is 1250. The first-order valence-corrected chi connectivity index (χ1v) is 10.9. The van der Waals surface area contributed by atoms with Gasteiger partial charge in [-0.25, -0.2) is 18.1 Å². The third-order valence-electron chi connectivity index (χ3n) is 4.58. The van der Waals surface area contributed by atoms with E-state index in [0.717, 1.165) is 29.1 Å². The molecule has 0 atom stereocenters. The Labute approximate surface area is 172 Å². The van der Waals surface area contributed by atoms with Crippen LogP contribution in [0, 0.1) is 20.8 Å². The van der Waals surface area contributed by atoms with E-state index >= 15 is 0 Å². The molecular formula is C19H20N4O4S2. The monoisotopic (exact) mass is 432 g/mol. The van der Waals surface area contributed by atoms with Crippen LogP contribution in [-0.4, -0.2) is 25.2 Å². The Morgan fingerprint density at radius 3 is 2.28 bits per heavy atom. The summed E-state index contributed by atoms with van der Waals surface area (Å²) in [7, 11) is -3.93. The van der Waals surface area contributed by atoms with Crippen LogP contribution >= 0.6 is 11.3 Å². The van der Waals surface area contributed by atoms with Crippen molar-refractivity contribution in [2.75, 3.05) is 11.1 Å². The summed E-state index contributed by atoms with van der Waals surface area (Å²) in [6.07, 6.45) is 0. The molecule has 0 saturated carbocycles. The first-order chi connectivity index (χ1) is 13.5. The number of benzene rings is 1. The largest absolute Gasteiger partial charge is 0.397 e. The highest BCUT2D eigenvalue weighted by molar-refractivity contribution is 7.90. The summed E-state index contributed by atoms with van der Waals surface area (Å²) in [5.41, 5.74) is 9.91. The molecule has 3 rings (SSSR count). The third kappa shape index (κ3) is 3.94. The molecule has 0 saturated heterocycles. The van der Waals surface area contributed by atoms with E-state index in [9.17, 15) is 18.0 Å². The molecule has 0 spiro atoms. The number of rotatable bonds is 4. The molecule has 2 heterocycles. The average molecular weight is 433 g/mol. The van der Waals surface area contributed by atoms with Gasteiger partial charge in [0.2, 0.25) is 5.91 Å². The number of hydrogen-bond acceptors (Lipinski definition) is 7. The van der Waals surface area contributed by atoms with Crippen molar-refractivity contribution >= 4 is 54.8 Å². The maximum absolute atomic E-state index is 12.7. The van der Waals surface area contributed by atoms with Crippen molar-refractivity contribution in [2.24, 2.45) is 0 Å². The van der Waals surface area contributed by atoms with Gasteiger partial charge in [-0.05, 0) is 56.2 Å². The molecule has 10 heteroatoms. The van der Waals surface area contributed by atoms with Crippen LogP contribution in [0.4, 0.5) is 11.4 Å². The summed E-state index contributed by atoms with van der Waals surface area (Å²) >= 11 is 1.21. The van der Waals surface area contributed by atoms with E-state index in [1.807, 2.05) is 25.5 Å². The van der Waals surface area contributed by atoms with Gasteiger partial charge in [0.1, 0.15) is 9.71 Å². The summed E-state index contributed by atoms with van der Waals surface area (Å²) in [4.78, 5) is 29.2. The minimum atomic E-state index is -3.93. The van der Waals surface area contributed by atoms with Crippen LogP contribution in [0.5, 0.6) is 0 Å². The van der Waals surface area contributed by atoms with Crippen molar-refractivity contribution in [1.82, 2.24) is 9.71 Å². The van der Waals surface area contributed by atoms with Crippen LogP contribution in [0.25, 0.3) is 10.2 Å². The van der Waals surface area contributed by atoms with E-state index in [4.69, 9.17) is 5.73 Å². The lowest BCUT2D eigenvalue weighted by molar-refractivity contribution is -0.117. The van der Waals surface area contributed by atoms with Crippen molar-refractivity contribution in [3.8, 4) is 0 Å². The molecule has 0 unspecified atom stereocenters. The number of hydrogen-bond donors (Lipinski definition) is 3. The molecule has 152 valence electrons. The second kappa shape index (κ2) is 7.45. The van der Waals surface area contributed by atoms with Crippen molar-refractivity contribution in [3.63, 3.8) is 0 Å². The molecule has 3 aromatic rings. The van der Waals surface area contributed by atoms with E-state index in [-0.39, 0.29) is 4.90 Å². The lowest BCUT2D eigenvalue weighted by Crippen LogP contribution is -2.28. The predicted molar refractivity (Wildman–Crippen MR) is 114 cm³/mol. The summed E-state index contributed by atoms with van der Waals surface area (Å²) < 4.78 is 25.9. The number of pyridine rings is 1. The average Bonchev–Trinajstić information content (AvgIpc) is 2.95. The molecule has 0 fully saturated rings. The van der Waals surface area contributed by atoms with Crippen LogP contribution in [-0.2, 0) is 14.8 Å². The van der Waals surface area contributed by atoms with Crippen LogP contribution in [0.1, 0.15) is 33.4 Å². The molecule has 0 aliphatic heterocycles. The SMILES string of the molecule is CC(=O)NS(=O)(=O)c1ccc(NC(=O)c2sc3nc(C)c(C)c(C)c3c2N)cc1. The van der Waals surface area contributed by atoms with Gasteiger partial charge >= 0.3 is 0 Å². The van der Waals surface area contributed by atoms with Crippen molar-refractivity contribution in [2.45, 2.75) is 32.6 Å². The summed E-state index contributed by atoms with van der Waals surface area (Å²) in [5, 5.41) is 3.49. The van der Waals surface area contributed by atoms with E-state index in [2.05, 4.69) is 10.3 Å². The number of anilines is 2. The van der Waals surface area contributed by atoms with Gasteiger partial charge < -0.3 is 11.1 Å². The molecule has 0 radical (unpaired) electrons. The highest BCUT2D eigenvalue weighted by Crippen LogP contribution is 2.36. The normalized spacial score (nSPS) is 11.4. The number of nitrogens with zero attached hydrogens (tertiary/aromatic N) is 1. The van der Waals surface area contributed by atoms with Gasteiger partial charge in [-0.2, -0.15) is 0 Å². The van der Waals surface area contributed by atoms with Crippen molar-refractivity contribution in [1.29, 1.82) is 0 Å². The van der Waals surface area contributed by atoms with Crippen LogP contribution in [0.3, 0.4) is 0 Å². The van der Waals surface area contributed by atoms with Gasteiger partial charge in [-0.15, -0.1) is 11.3 Å². The minimum Gasteiger partial charge on any atom is -0.397 e. The Morgan fingerprint density at radius 1 is 1.07 bits per heavy atom. The zero-order chi connectivity index (χ0) is 21.5. The number of aryl methyl sites for hydroxylation is 2. The second-order valence-electron chi connectivity index (χ2n) is 6.61. The van der Waals surface area contributed by atoms with Crippen LogP contribution in [0.15, 0.2) is 29.2 Å². The standard InChI is InChI=1S/C19H20N4O4S2/c1-9-10(2)15-16(20)17(28-19(15)21-11(9)3)18(25)22-13-5-7-14(8-6-13)29(26,27)23-12(4)24/h5-8H,20H2,1-4H3,(H,22,25)(H,23,24). The number of amides is 2. The van der Waals surface area contributed by atoms with Crippen LogP contribution in [0.2, 0.25) is 0 Å². The van der Waals surface area contributed by atoms with Gasteiger partial charge in [0.25, 0.3) is 15.9 Å². The van der Waals surface area contributed by atoms with E-state index in [0.29, 0.717) is 21.1 Å². The number of carbonyl (C=O) groups excluding carboxylic acids is 2. The lowest BCUT2D eigenvalue weighted by Gasteiger charge is -2.08. The predicted octanol–water partition coefficient (Wildman–Crippen LogP) is 2.88. The highest BCUT2D eigenvalue weighted by atomic mass is 32.2. The van der Waals surface area contributed by atoms with E-state index in [1.54, 1.807) is 0 Å². The van der Waals surface area contributed by atoms with Crippen molar-refractivity contribution in [3.05, 3.63) is 46.0 Å². The zero-order valence-electron chi connectivity index (χ0n) is 16.3. The minimum absolute atomic E-state index is 0.0853. The summed E-state index contributed by atoms with van der Waals surface area (Å²) in [5.74, 6) is -1.09. The molecular weight excluding hydrogens is 412 g/mol. The number of sulfonamides is 1. The fourth-order valence-corrected chi connectivity index (χ4v) is 4.98. The molecule has 1 aromatic carbocycles. The molecule has 2 amide bonds. The first kappa shape index (κ1) is 20.7. The van der Waals surface area contributed by atoms with E-state index < -0.39 is 21.8 Å². The van der Waals surface area contributed by atoms with Gasteiger partial charge in [0.15, 0.2) is 0 Å². The van der Waals surface area contributed by atoms with Crippen molar-refractivity contribution < 1.29 is 18.0 Å². The van der Waals surface area contributed by atoms with Gasteiger partial charge in [-0.1, -0.05) is 0 Å². The molecule has 29 heavy (non-hydrogen) atoms. The van der Waals surface area contributed by atoms with E-state index in [1.165, 1.54) is 35.6 Å². The third-order valence-corrected chi connectivity index (χ3v) is 7.13. The first-order valence-electron chi connectivity index (χ1n) is 8.62. The maximum Gasteiger partial charge on any atom is 0.267 e. The number of thiophene rings is 1. The Kier molecular flexibility index (Phi) is 5.33. The number of nitrogens with two attached hydrogens (primary N) is 1. The summed E-state index contributed by atoms with van der Waals surface area (Å²) in [6.45, 7) is 6.94. The maximum atomic E-state index is 12.7. The highest BCUT2D eigenvalue weighted by Gasteiger charge is 2.21. The fourth-order valence-electron chi connectivity index (χ4n) is 2.89. The topological polar surface area (TPSA) is 131 Å². The van der Waals surface area contributed by atoms with Gasteiger partial charge in [-0.3, -0.25) is 9.59 Å². The van der Waals surface area contributed by atoms with Gasteiger partial charge in [0.05, 0.1) is 10.6 Å². The number of nitrogen functional groups attached to an aromatic ring is 1. The molecule has 8 nitrogen and oxygen atoms in total. The zero-order valence-corrected chi connectivity index (χ0v) is 17.9. The molecule has 2 aromatic heterocycles. The number of carbonyl (C=O) groups is 2. The smallest absolute Gasteiger partial charge is 0.267 e. The Balaban J connectivity index is 1.88. The number of fused-ring (bicyclic) bond motifs is 1. The molecule has 0 aliphatic carbocycles. The Morgan fingerprint density at radius 2 is 1.69 bits per heavy atom. The lowest BCUT2D eigenvalue weighted by atomic mass is 10.1. The molecule has 0 aliphatic rings. The fraction of sp³-hybridized carbons (Fsp3) is 0.211.